The SMILES string of the molecule is COC(=O)/C=C(\C)CCc1cccc(-c2ccccc2)c1. The molecule has 0 aliphatic carbocycles. The Morgan fingerprint density at radius 3 is 2.48 bits per heavy atom. The molecule has 0 heterocycles. The Bertz CT molecular complexity index is 627. The summed E-state index contributed by atoms with van der Waals surface area (Å²) in [5.74, 6) is -0.287. The minimum Gasteiger partial charge on any atom is -0.466 e. The molecule has 2 rings (SSSR count). The van der Waals surface area contributed by atoms with Crippen molar-refractivity contribution in [2.24, 2.45) is 0 Å². The van der Waals surface area contributed by atoms with E-state index in [2.05, 4.69) is 41.1 Å². The highest BCUT2D eigenvalue weighted by atomic mass is 16.5. The smallest absolute Gasteiger partial charge is 0.330 e. The van der Waals surface area contributed by atoms with Gasteiger partial charge in [0.1, 0.15) is 0 Å². The predicted octanol–water partition coefficient (Wildman–Crippen LogP) is 4.41. The molecular weight excluding hydrogens is 260 g/mol. The second kappa shape index (κ2) is 7.44. The van der Waals surface area contributed by atoms with E-state index in [4.69, 9.17) is 0 Å². The molecular formula is C19H20O2. The fraction of sp³-hybridized carbons (Fsp3) is 0.211. The number of allylic oxidation sites excluding steroid dienone is 1. The Kier molecular flexibility index (Phi) is 5.33. The van der Waals surface area contributed by atoms with Crippen molar-refractivity contribution in [1.82, 2.24) is 0 Å². The summed E-state index contributed by atoms with van der Waals surface area (Å²) < 4.78 is 4.63. The van der Waals surface area contributed by atoms with E-state index in [9.17, 15) is 4.79 Å². The number of hydrogen-bond acceptors (Lipinski definition) is 2. The zero-order valence-corrected chi connectivity index (χ0v) is 12.5. The van der Waals surface area contributed by atoms with E-state index in [1.54, 1.807) is 6.08 Å². The zero-order valence-electron chi connectivity index (χ0n) is 12.5. The molecule has 0 aliphatic heterocycles. The minimum absolute atomic E-state index is 0.287. The van der Waals surface area contributed by atoms with E-state index in [0.29, 0.717) is 0 Å². The first kappa shape index (κ1) is 15.0. The Hall–Kier alpha value is -2.35. The van der Waals surface area contributed by atoms with E-state index in [-0.39, 0.29) is 5.97 Å². The number of carbonyl (C=O) groups is 1. The highest BCUT2D eigenvalue weighted by Crippen LogP contribution is 2.21. The minimum atomic E-state index is -0.287. The molecule has 0 aromatic heterocycles. The molecule has 21 heavy (non-hydrogen) atoms. The van der Waals surface area contributed by atoms with Crippen molar-refractivity contribution < 1.29 is 9.53 Å². The van der Waals surface area contributed by atoms with Crippen LogP contribution in [-0.2, 0) is 16.0 Å². The molecule has 0 N–H and O–H groups in total. The Balaban J connectivity index is 2.05. The summed E-state index contributed by atoms with van der Waals surface area (Å²) in [4.78, 5) is 11.2. The van der Waals surface area contributed by atoms with E-state index in [1.165, 1.54) is 23.8 Å². The molecule has 0 saturated heterocycles. The van der Waals surface area contributed by atoms with Crippen molar-refractivity contribution >= 4 is 5.97 Å². The maximum atomic E-state index is 11.2. The molecule has 0 aliphatic rings. The van der Waals surface area contributed by atoms with Crippen molar-refractivity contribution in [3.63, 3.8) is 0 Å². The maximum absolute atomic E-state index is 11.2. The number of methoxy groups -OCH3 is 1. The van der Waals surface area contributed by atoms with E-state index >= 15 is 0 Å². The van der Waals surface area contributed by atoms with Crippen molar-refractivity contribution in [3.05, 3.63) is 71.8 Å². The van der Waals surface area contributed by atoms with Gasteiger partial charge in [-0.1, -0.05) is 60.2 Å². The third kappa shape index (κ3) is 4.60. The second-order valence-corrected chi connectivity index (χ2v) is 5.08. The number of rotatable bonds is 5. The lowest BCUT2D eigenvalue weighted by atomic mass is 9.99. The topological polar surface area (TPSA) is 26.3 Å². The number of benzene rings is 2. The first-order valence-electron chi connectivity index (χ1n) is 7.08. The Morgan fingerprint density at radius 2 is 1.76 bits per heavy atom. The zero-order chi connectivity index (χ0) is 15.1. The molecule has 0 spiro atoms. The van der Waals surface area contributed by atoms with Crippen LogP contribution in [-0.4, -0.2) is 13.1 Å². The molecule has 0 radical (unpaired) electrons. The lowest BCUT2D eigenvalue weighted by molar-refractivity contribution is -0.134. The number of hydrogen-bond donors (Lipinski definition) is 0. The summed E-state index contributed by atoms with van der Waals surface area (Å²) in [5, 5.41) is 0. The molecule has 0 fully saturated rings. The van der Waals surface area contributed by atoms with Crippen LogP contribution in [0.15, 0.2) is 66.2 Å². The molecule has 0 atom stereocenters. The van der Waals surface area contributed by atoms with E-state index in [0.717, 1.165) is 18.4 Å². The number of carbonyl (C=O) groups excluding carboxylic acids is 1. The quantitative estimate of drug-likeness (QED) is 0.599. The summed E-state index contributed by atoms with van der Waals surface area (Å²) in [6.45, 7) is 1.96. The summed E-state index contributed by atoms with van der Waals surface area (Å²) in [6.07, 6.45) is 3.33. The van der Waals surface area contributed by atoms with E-state index < -0.39 is 0 Å². The van der Waals surface area contributed by atoms with Crippen LogP contribution in [0.4, 0.5) is 0 Å². The van der Waals surface area contributed by atoms with Gasteiger partial charge in [-0.3, -0.25) is 0 Å². The molecule has 2 heteroatoms. The second-order valence-electron chi connectivity index (χ2n) is 5.08. The van der Waals surface area contributed by atoms with Crippen LogP contribution in [0.25, 0.3) is 11.1 Å². The highest BCUT2D eigenvalue weighted by Gasteiger charge is 2.01. The van der Waals surface area contributed by atoms with Crippen LogP contribution in [0.3, 0.4) is 0 Å². The molecule has 0 saturated carbocycles. The maximum Gasteiger partial charge on any atom is 0.330 e. The fourth-order valence-corrected chi connectivity index (χ4v) is 2.21. The van der Waals surface area contributed by atoms with Crippen LogP contribution in [0.2, 0.25) is 0 Å². The van der Waals surface area contributed by atoms with Crippen LogP contribution < -0.4 is 0 Å². The van der Waals surface area contributed by atoms with Gasteiger partial charge in [0.05, 0.1) is 7.11 Å². The van der Waals surface area contributed by atoms with Crippen LogP contribution >= 0.6 is 0 Å². The van der Waals surface area contributed by atoms with Gasteiger partial charge in [-0.15, -0.1) is 0 Å². The Morgan fingerprint density at radius 1 is 1.05 bits per heavy atom. The molecule has 108 valence electrons. The molecule has 2 nitrogen and oxygen atoms in total. The average molecular weight is 280 g/mol. The highest BCUT2D eigenvalue weighted by molar-refractivity contribution is 5.82. The molecule has 2 aromatic carbocycles. The third-order valence-corrected chi connectivity index (χ3v) is 3.41. The van der Waals surface area contributed by atoms with Crippen LogP contribution in [0.5, 0.6) is 0 Å². The number of ether oxygens (including phenoxy) is 1. The van der Waals surface area contributed by atoms with E-state index in [1.807, 2.05) is 25.1 Å². The monoisotopic (exact) mass is 280 g/mol. The summed E-state index contributed by atoms with van der Waals surface area (Å²) >= 11 is 0. The predicted molar refractivity (Wildman–Crippen MR) is 86.0 cm³/mol. The van der Waals surface area contributed by atoms with Gasteiger partial charge >= 0.3 is 5.97 Å². The summed E-state index contributed by atoms with van der Waals surface area (Å²) in [6, 6.07) is 18.9. The van der Waals surface area contributed by atoms with Gasteiger partial charge < -0.3 is 4.74 Å². The van der Waals surface area contributed by atoms with Gasteiger partial charge in [-0.25, -0.2) is 4.79 Å². The van der Waals surface area contributed by atoms with Crippen LogP contribution in [0.1, 0.15) is 18.9 Å². The average Bonchev–Trinajstić information content (AvgIpc) is 2.54. The van der Waals surface area contributed by atoms with Gasteiger partial charge in [-0.2, -0.15) is 0 Å². The van der Waals surface area contributed by atoms with Gasteiger partial charge in [0.15, 0.2) is 0 Å². The number of esters is 1. The first-order chi connectivity index (χ1) is 10.2. The number of aryl methyl sites for hydroxylation is 1. The van der Waals surface area contributed by atoms with Crippen molar-refractivity contribution in [2.45, 2.75) is 19.8 Å². The summed E-state index contributed by atoms with van der Waals surface area (Å²) in [7, 11) is 1.40. The Labute approximate surface area is 126 Å². The lowest BCUT2D eigenvalue weighted by Crippen LogP contribution is -1.97. The fourth-order valence-electron chi connectivity index (χ4n) is 2.21. The standard InChI is InChI=1S/C19H20O2/c1-15(13-19(20)21-2)11-12-16-7-6-10-18(14-16)17-8-4-3-5-9-17/h3-10,13-14H,11-12H2,1-2H3/b15-13+. The first-order valence-corrected chi connectivity index (χ1v) is 7.08. The normalized spacial score (nSPS) is 11.2. The molecule has 0 bridgehead atoms. The van der Waals surface area contributed by atoms with Gasteiger partial charge in [-0.05, 0) is 36.5 Å². The molecule has 0 unspecified atom stereocenters. The van der Waals surface area contributed by atoms with Crippen molar-refractivity contribution in [1.29, 1.82) is 0 Å². The lowest BCUT2D eigenvalue weighted by Gasteiger charge is -2.06. The summed E-state index contributed by atoms with van der Waals surface area (Å²) in [5.41, 5.74) is 4.75. The van der Waals surface area contributed by atoms with Gasteiger partial charge in [0, 0.05) is 6.08 Å². The van der Waals surface area contributed by atoms with Crippen molar-refractivity contribution in [2.75, 3.05) is 7.11 Å². The molecule has 0 amide bonds. The van der Waals surface area contributed by atoms with Gasteiger partial charge in [0.2, 0.25) is 0 Å². The largest absolute Gasteiger partial charge is 0.466 e. The third-order valence-electron chi connectivity index (χ3n) is 3.41. The van der Waals surface area contributed by atoms with Gasteiger partial charge in [0.25, 0.3) is 0 Å². The van der Waals surface area contributed by atoms with Crippen LogP contribution in [0, 0.1) is 0 Å². The molecule has 2 aromatic rings. The van der Waals surface area contributed by atoms with Crippen molar-refractivity contribution in [3.8, 4) is 11.1 Å².